The minimum absolute atomic E-state index is 0.689. The Hall–Kier alpha value is -2.49. The Morgan fingerprint density at radius 2 is 2.05 bits per heavy atom. The van der Waals surface area contributed by atoms with Gasteiger partial charge in [-0.3, -0.25) is 0 Å². The van der Waals surface area contributed by atoms with Gasteiger partial charge in [-0.2, -0.15) is 0 Å². The Labute approximate surface area is 111 Å². The van der Waals surface area contributed by atoms with Crippen molar-refractivity contribution in [1.82, 2.24) is 9.55 Å². The molecule has 1 aromatic heterocycles. The molecule has 96 valence electrons. The van der Waals surface area contributed by atoms with Crippen molar-refractivity contribution in [3.63, 3.8) is 0 Å². The Kier molecular flexibility index (Phi) is 2.83. The fourth-order valence-corrected chi connectivity index (χ4v) is 2.24. The number of methoxy groups -OCH3 is 1. The van der Waals surface area contributed by atoms with E-state index in [1.54, 1.807) is 7.11 Å². The van der Waals surface area contributed by atoms with Crippen LogP contribution in [0, 0.1) is 0 Å². The maximum absolute atomic E-state index is 5.84. The van der Waals surface area contributed by atoms with Gasteiger partial charge in [0.15, 0.2) is 0 Å². The molecule has 0 aliphatic rings. The second-order valence-corrected chi connectivity index (χ2v) is 4.43. The number of hydrogen-bond donors (Lipinski definition) is 1. The van der Waals surface area contributed by atoms with E-state index in [2.05, 4.69) is 15.6 Å². The molecule has 0 bridgehead atoms. The molecule has 0 radical (unpaired) electrons. The van der Waals surface area contributed by atoms with Gasteiger partial charge in [-0.15, -0.1) is 0 Å². The van der Waals surface area contributed by atoms with Crippen LogP contribution in [0.1, 0.15) is 5.56 Å². The van der Waals surface area contributed by atoms with Crippen LogP contribution in [0.4, 0.5) is 5.69 Å². The summed E-state index contributed by atoms with van der Waals surface area (Å²) in [7, 11) is 1.67. The van der Waals surface area contributed by atoms with E-state index in [1.165, 1.54) is 0 Å². The molecule has 19 heavy (non-hydrogen) atoms. The fourth-order valence-electron chi connectivity index (χ4n) is 2.24. The SMILES string of the molecule is COc1ccc(N)cc1Cn1cnc2ccccc21. The highest BCUT2D eigenvalue weighted by molar-refractivity contribution is 5.75. The van der Waals surface area contributed by atoms with Crippen molar-refractivity contribution in [2.45, 2.75) is 6.54 Å². The van der Waals surface area contributed by atoms with Gasteiger partial charge in [0.25, 0.3) is 0 Å². The number of rotatable bonds is 3. The second-order valence-electron chi connectivity index (χ2n) is 4.43. The van der Waals surface area contributed by atoms with Gasteiger partial charge in [-0.1, -0.05) is 12.1 Å². The highest BCUT2D eigenvalue weighted by Gasteiger charge is 2.07. The molecular weight excluding hydrogens is 238 g/mol. The maximum Gasteiger partial charge on any atom is 0.124 e. The predicted octanol–water partition coefficient (Wildman–Crippen LogP) is 2.68. The molecule has 0 fully saturated rings. The lowest BCUT2D eigenvalue weighted by Gasteiger charge is -2.10. The van der Waals surface area contributed by atoms with Crippen molar-refractivity contribution in [3.05, 3.63) is 54.4 Å². The first-order valence-corrected chi connectivity index (χ1v) is 6.10. The summed E-state index contributed by atoms with van der Waals surface area (Å²) in [6, 6.07) is 13.7. The molecule has 3 aromatic rings. The minimum Gasteiger partial charge on any atom is -0.496 e. The Bertz CT molecular complexity index is 718. The number of anilines is 1. The number of nitrogen functional groups attached to an aromatic ring is 1. The van der Waals surface area contributed by atoms with E-state index in [0.29, 0.717) is 6.54 Å². The first-order chi connectivity index (χ1) is 9.28. The third kappa shape index (κ3) is 2.12. The van der Waals surface area contributed by atoms with Gasteiger partial charge >= 0.3 is 0 Å². The molecule has 0 saturated carbocycles. The van der Waals surface area contributed by atoms with Crippen LogP contribution in [0.2, 0.25) is 0 Å². The van der Waals surface area contributed by atoms with Crippen LogP contribution >= 0.6 is 0 Å². The molecule has 0 saturated heterocycles. The van der Waals surface area contributed by atoms with Gasteiger partial charge in [0.2, 0.25) is 0 Å². The smallest absolute Gasteiger partial charge is 0.124 e. The molecule has 0 amide bonds. The molecular formula is C15H15N3O. The quantitative estimate of drug-likeness (QED) is 0.730. The number of imidazole rings is 1. The van der Waals surface area contributed by atoms with E-state index >= 15 is 0 Å². The van der Waals surface area contributed by atoms with Crippen molar-refractivity contribution in [2.75, 3.05) is 12.8 Å². The normalized spacial score (nSPS) is 10.8. The van der Waals surface area contributed by atoms with Crippen molar-refractivity contribution in [3.8, 4) is 5.75 Å². The van der Waals surface area contributed by atoms with Crippen LogP contribution in [-0.4, -0.2) is 16.7 Å². The largest absolute Gasteiger partial charge is 0.496 e. The lowest BCUT2D eigenvalue weighted by atomic mass is 10.1. The summed E-state index contributed by atoms with van der Waals surface area (Å²) in [6.07, 6.45) is 1.84. The lowest BCUT2D eigenvalue weighted by molar-refractivity contribution is 0.408. The summed E-state index contributed by atoms with van der Waals surface area (Å²) in [5.74, 6) is 0.840. The van der Waals surface area contributed by atoms with E-state index in [1.807, 2.05) is 42.7 Å². The zero-order chi connectivity index (χ0) is 13.2. The molecule has 3 rings (SSSR count). The van der Waals surface area contributed by atoms with Crippen molar-refractivity contribution >= 4 is 16.7 Å². The molecule has 0 aliphatic carbocycles. The monoisotopic (exact) mass is 253 g/mol. The summed E-state index contributed by atoms with van der Waals surface area (Å²) >= 11 is 0. The Morgan fingerprint density at radius 1 is 1.21 bits per heavy atom. The highest BCUT2D eigenvalue weighted by atomic mass is 16.5. The molecule has 0 aliphatic heterocycles. The average Bonchev–Trinajstić information content (AvgIpc) is 2.83. The Balaban J connectivity index is 2.03. The van der Waals surface area contributed by atoms with Gasteiger partial charge in [-0.25, -0.2) is 4.98 Å². The van der Waals surface area contributed by atoms with Crippen LogP contribution in [0.3, 0.4) is 0 Å². The number of benzene rings is 2. The summed E-state index contributed by atoms with van der Waals surface area (Å²) in [6.45, 7) is 0.689. The molecule has 2 N–H and O–H groups in total. The molecule has 0 unspecified atom stereocenters. The molecule has 4 nitrogen and oxygen atoms in total. The second kappa shape index (κ2) is 4.65. The summed E-state index contributed by atoms with van der Waals surface area (Å²) < 4.78 is 7.46. The number of ether oxygens (including phenoxy) is 1. The van der Waals surface area contributed by atoms with E-state index in [9.17, 15) is 0 Å². The van der Waals surface area contributed by atoms with Crippen LogP contribution in [0.5, 0.6) is 5.75 Å². The number of para-hydroxylation sites is 2. The average molecular weight is 253 g/mol. The van der Waals surface area contributed by atoms with Crippen LogP contribution in [-0.2, 0) is 6.54 Å². The maximum atomic E-state index is 5.84. The van der Waals surface area contributed by atoms with Crippen LogP contribution < -0.4 is 10.5 Å². The molecule has 1 heterocycles. The van der Waals surface area contributed by atoms with Crippen molar-refractivity contribution in [1.29, 1.82) is 0 Å². The molecule has 2 aromatic carbocycles. The van der Waals surface area contributed by atoms with Gasteiger partial charge in [0.05, 0.1) is 31.0 Å². The number of aromatic nitrogens is 2. The van der Waals surface area contributed by atoms with E-state index in [-0.39, 0.29) is 0 Å². The first kappa shape index (κ1) is 11.6. The summed E-state index contributed by atoms with van der Waals surface area (Å²) in [5.41, 5.74) is 9.72. The molecule has 0 spiro atoms. The van der Waals surface area contributed by atoms with E-state index in [4.69, 9.17) is 10.5 Å². The van der Waals surface area contributed by atoms with E-state index < -0.39 is 0 Å². The topological polar surface area (TPSA) is 53.1 Å². The predicted molar refractivity (Wildman–Crippen MR) is 76.2 cm³/mol. The van der Waals surface area contributed by atoms with Gasteiger partial charge in [0, 0.05) is 11.3 Å². The van der Waals surface area contributed by atoms with Gasteiger partial charge in [0.1, 0.15) is 5.75 Å². The zero-order valence-electron chi connectivity index (χ0n) is 10.7. The van der Waals surface area contributed by atoms with Crippen molar-refractivity contribution in [2.24, 2.45) is 0 Å². The van der Waals surface area contributed by atoms with E-state index in [0.717, 1.165) is 28.0 Å². The van der Waals surface area contributed by atoms with Crippen LogP contribution in [0.15, 0.2) is 48.8 Å². The van der Waals surface area contributed by atoms with Crippen LogP contribution in [0.25, 0.3) is 11.0 Å². The summed E-state index contributed by atoms with van der Waals surface area (Å²) in [4.78, 5) is 4.38. The summed E-state index contributed by atoms with van der Waals surface area (Å²) in [5, 5.41) is 0. The third-order valence-electron chi connectivity index (χ3n) is 3.17. The highest BCUT2D eigenvalue weighted by Crippen LogP contribution is 2.23. The molecule has 0 atom stereocenters. The first-order valence-electron chi connectivity index (χ1n) is 6.10. The standard InChI is InChI=1S/C15H15N3O/c1-19-15-7-6-12(16)8-11(15)9-18-10-17-13-4-2-3-5-14(13)18/h2-8,10H,9,16H2,1H3. The zero-order valence-corrected chi connectivity index (χ0v) is 10.7. The Morgan fingerprint density at radius 3 is 2.89 bits per heavy atom. The van der Waals surface area contributed by atoms with Gasteiger partial charge < -0.3 is 15.0 Å². The van der Waals surface area contributed by atoms with Crippen molar-refractivity contribution < 1.29 is 4.74 Å². The number of hydrogen-bond acceptors (Lipinski definition) is 3. The fraction of sp³-hybridized carbons (Fsp3) is 0.133. The molecule has 4 heteroatoms. The minimum atomic E-state index is 0.689. The third-order valence-corrected chi connectivity index (χ3v) is 3.17. The number of nitrogens with two attached hydrogens (primary N) is 1. The number of fused-ring (bicyclic) bond motifs is 1. The lowest BCUT2D eigenvalue weighted by Crippen LogP contribution is -2.01. The number of nitrogens with zero attached hydrogens (tertiary/aromatic N) is 2. The van der Waals surface area contributed by atoms with Gasteiger partial charge in [-0.05, 0) is 30.3 Å².